The first kappa shape index (κ1) is 12.8. The Morgan fingerprint density at radius 3 is 2.75 bits per heavy atom. The third kappa shape index (κ3) is 2.08. The smallest absolute Gasteiger partial charge is 0.299 e. The van der Waals surface area contributed by atoms with Crippen molar-refractivity contribution < 1.29 is 9.59 Å². The summed E-state index contributed by atoms with van der Waals surface area (Å²) in [6.07, 6.45) is 3.43. The van der Waals surface area contributed by atoms with E-state index < -0.39 is 11.7 Å². The molecule has 2 aromatic rings. The number of hydrogen-bond acceptors (Lipinski definition) is 3. The predicted octanol–water partition coefficient (Wildman–Crippen LogP) is 2.77. The first-order valence-electron chi connectivity index (χ1n) is 6.12. The van der Waals surface area contributed by atoms with E-state index in [1.165, 1.54) is 4.90 Å². The molecule has 0 saturated heterocycles. The zero-order valence-corrected chi connectivity index (χ0v) is 11.5. The summed E-state index contributed by atoms with van der Waals surface area (Å²) in [5.74, 6) is -1.01. The maximum absolute atomic E-state index is 12.1. The number of nitrogens with zero attached hydrogens (tertiary/aromatic N) is 2. The molecule has 0 aliphatic carbocycles. The summed E-state index contributed by atoms with van der Waals surface area (Å²) in [4.78, 5) is 29.5. The number of benzene rings is 1. The molecule has 0 bridgehead atoms. The third-order valence-electron chi connectivity index (χ3n) is 3.21. The van der Waals surface area contributed by atoms with Gasteiger partial charge in [0.25, 0.3) is 11.7 Å². The van der Waals surface area contributed by atoms with Crippen molar-refractivity contribution in [2.24, 2.45) is 0 Å². The van der Waals surface area contributed by atoms with E-state index in [4.69, 9.17) is 11.6 Å². The molecule has 1 aliphatic heterocycles. The summed E-state index contributed by atoms with van der Waals surface area (Å²) in [5, 5.41) is 0.499. The minimum Gasteiger partial charge on any atom is -0.300 e. The standard InChI is InChI=1S/C15H11ClN2O2/c1-9-4-10(7-17-6-9)8-18-13-5-11(16)2-3-12(13)14(19)15(18)20/h2-7H,8H2,1H3. The fourth-order valence-electron chi connectivity index (χ4n) is 2.31. The van der Waals surface area contributed by atoms with Gasteiger partial charge in [-0.2, -0.15) is 0 Å². The Morgan fingerprint density at radius 2 is 2.00 bits per heavy atom. The number of amides is 1. The quantitative estimate of drug-likeness (QED) is 0.798. The normalized spacial score (nSPS) is 13.8. The van der Waals surface area contributed by atoms with Gasteiger partial charge in [0.1, 0.15) is 0 Å². The molecular formula is C15H11ClN2O2. The number of hydrogen-bond donors (Lipinski definition) is 0. The van der Waals surface area contributed by atoms with Crippen molar-refractivity contribution in [3.8, 4) is 0 Å². The number of carbonyl (C=O) groups excluding carboxylic acids is 2. The molecule has 0 spiro atoms. The van der Waals surface area contributed by atoms with Crippen molar-refractivity contribution in [2.75, 3.05) is 4.90 Å². The Morgan fingerprint density at radius 1 is 1.20 bits per heavy atom. The van der Waals surface area contributed by atoms with Crippen LogP contribution in [-0.2, 0) is 11.3 Å². The highest BCUT2D eigenvalue weighted by molar-refractivity contribution is 6.52. The largest absolute Gasteiger partial charge is 0.300 e. The van der Waals surface area contributed by atoms with Gasteiger partial charge >= 0.3 is 0 Å². The molecule has 0 saturated carbocycles. The lowest BCUT2D eigenvalue weighted by Gasteiger charge is -2.16. The van der Waals surface area contributed by atoms with Crippen LogP contribution in [0.5, 0.6) is 0 Å². The SMILES string of the molecule is Cc1cncc(CN2C(=O)C(=O)c3ccc(Cl)cc32)c1. The highest BCUT2D eigenvalue weighted by Crippen LogP contribution is 2.32. The topological polar surface area (TPSA) is 50.3 Å². The van der Waals surface area contributed by atoms with Gasteiger partial charge in [-0.3, -0.25) is 14.6 Å². The van der Waals surface area contributed by atoms with Gasteiger partial charge in [0.2, 0.25) is 0 Å². The maximum atomic E-state index is 12.1. The van der Waals surface area contributed by atoms with Crippen molar-refractivity contribution in [1.29, 1.82) is 0 Å². The number of Topliss-reactive ketones (excluding diaryl/α,β-unsaturated/α-hetero) is 1. The number of carbonyl (C=O) groups is 2. The fraction of sp³-hybridized carbons (Fsp3) is 0.133. The van der Waals surface area contributed by atoms with Crippen molar-refractivity contribution in [3.63, 3.8) is 0 Å². The molecule has 5 heteroatoms. The number of halogens is 1. The molecular weight excluding hydrogens is 276 g/mol. The Hall–Kier alpha value is -2.20. The lowest BCUT2D eigenvalue weighted by Crippen LogP contribution is -2.29. The second-order valence-electron chi connectivity index (χ2n) is 4.75. The van der Waals surface area contributed by atoms with Crippen molar-refractivity contribution in [1.82, 2.24) is 4.98 Å². The number of ketones is 1. The minimum atomic E-state index is -0.524. The zero-order valence-electron chi connectivity index (χ0n) is 10.8. The summed E-state index contributed by atoms with van der Waals surface area (Å²) in [6.45, 7) is 2.24. The number of rotatable bonds is 2. The lowest BCUT2D eigenvalue weighted by atomic mass is 10.1. The van der Waals surface area contributed by atoms with Crippen LogP contribution in [0.2, 0.25) is 5.02 Å². The molecule has 2 heterocycles. The predicted molar refractivity (Wildman–Crippen MR) is 75.9 cm³/mol. The van der Waals surface area contributed by atoms with E-state index in [-0.39, 0.29) is 0 Å². The molecule has 20 heavy (non-hydrogen) atoms. The third-order valence-corrected chi connectivity index (χ3v) is 3.44. The summed E-state index contributed by atoms with van der Waals surface area (Å²) < 4.78 is 0. The van der Waals surface area contributed by atoms with Gasteiger partial charge in [-0.1, -0.05) is 17.7 Å². The van der Waals surface area contributed by atoms with Crippen LogP contribution in [0.15, 0.2) is 36.7 Å². The second-order valence-corrected chi connectivity index (χ2v) is 5.19. The molecule has 0 unspecified atom stereocenters. The van der Waals surface area contributed by atoms with E-state index in [0.29, 0.717) is 22.8 Å². The van der Waals surface area contributed by atoms with Gasteiger partial charge in [0.05, 0.1) is 17.8 Å². The van der Waals surface area contributed by atoms with Crippen LogP contribution in [0.3, 0.4) is 0 Å². The van der Waals surface area contributed by atoms with E-state index in [9.17, 15) is 9.59 Å². The van der Waals surface area contributed by atoms with Gasteiger partial charge in [-0.05, 0) is 36.2 Å². The zero-order chi connectivity index (χ0) is 14.3. The second kappa shape index (κ2) is 4.72. The highest BCUT2D eigenvalue weighted by Gasteiger charge is 2.35. The molecule has 0 radical (unpaired) electrons. The number of fused-ring (bicyclic) bond motifs is 1. The van der Waals surface area contributed by atoms with Gasteiger partial charge in [0, 0.05) is 17.4 Å². The monoisotopic (exact) mass is 286 g/mol. The van der Waals surface area contributed by atoms with E-state index in [0.717, 1.165) is 11.1 Å². The van der Waals surface area contributed by atoms with Crippen LogP contribution >= 0.6 is 11.6 Å². The van der Waals surface area contributed by atoms with Crippen molar-refractivity contribution >= 4 is 29.0 Å². The van der Waals surface area contributed by atoms with Gasteiger partial charge in [-0.25, -0.2) is 0 Å². The van der Waals surface area contributed by atoms with E-state index in [1.807, 2.05) is 13.0 Å². The Bertz CT molecular complexity index is 728. The van der Waals surface area contributed by atoms with Crippen LogP contribution < -0.4 is 4.90 Å². The van der Waals surface area contributed by atoms with Gasteiger partial charge < -0.3 is 4.90 Å². The van der Waals surface area contributed by atoms with Crippen LogP contribution in [0.4, 0.5) is 5.69 Å². The summed E-state index contributed by atoms with van der Waals surface area (Å²) in [6, 6.07) is 6.78. The molecule has 100 valence electrons. The Kier molecular flexibility index (Phi) is 3.03. The average molecular weight is 287 g/mol. The summed E-state index contributed by atoms with van der Waals surface area (Å²) in [5.41, 5.74) is 2.85. The molecule has 1 aromatic carbocycles. The molecule has 0 fully saturated rings. The van der Waals surface area contributed by atoms with Gasteiger partial charge in [-0.15, -0.1) is 0 Å². The molecule has 3 rings (SSSR count). The fourth-order valence-corrected chi connectivity index (χ4v) is 2.48. The summed E-state index contributed by atoms with van der Waals surface area (Å²) >= 11 is 5.95. The van der Waals surface area contributed by atoms with E-state index >= 15 is 0 Å². The van der Waals surface area contributed by atoms with Crippen molar-refractivity contribution in [2.45, 2.75) is 13.5 Å². The number of aromatic nitrogens is 1. The van der Waals surface area contributed by atoms with Crippen molar-refractivity contribution in [3.05, 3.63) is 58.4 Å². The highest BCUT2D eigenvalue weighted by atomic mass is 35.5. The first-order chi connectivity index (χ1) is 9.56. The van der Waals surface area contributed by atoms with Crippen LogP contribution in [0.25, 0.3) is 0 Å². The Balaban J connectivity index is 2.01. The van der Waals surface area contributed by atoms with E-state index in [1.54, 1.807) is 30.6 Å². The number of aryl methyl sites for hydroxylation is 1. The average Bonchev–Trinajstić information content (AvgIpc) is 2.64. The number of anilines is 1. The van der Waals surface area contributed by atoms with Gasteiger partial charge in [0.15, 0.2) is 0 Å². The van der Waals surface area contributed by atoms with Crippen LogP contribution in [0.1, 0.15) is 21.5 Å². The molecule has 1 amide bonds. The van der Waals surface area contributed by atoms with E-state index in [2.05, 4.69) is 4.98 Å². The number of pyridine rings is 1. The maximum Gasteiger partial charge on any atom is 0.299 e. The molecule has 0 N–H and O–H groups in total. The molecule has 1 aliphatic rings. The lowest BCUT2D eigenvalue weighted by molar-refractivity contribution is -0.114. The summed E-state index contributed by atoms with van der Waals surface area (Å²) in [7, 11) is 0. The first-order valence-corrected chi connectivity index (χ1v) is 6.50. The van der Waals surface area contributed by atoms with Crippen LogP contribution in [0, 0.1) is 6.92 Å². The minimum absolute atomic E-state index is 0.312. The molecule has 4 nitrogen and oxygen atoms in total. The molecule has 0 atom stereocenters. The Labute approximate surface area is 121 Å². The van der Waals surface area contributed by atoms with Crippen LogP contribution in [-0.4, -0.2) is 16.7 Å². The molecule has 1 aromatic heterocycles.